The smallest absolute Gasteiger partial charge is 0.343 e. The Kier molecular flexibility index (Phi) is 6.00. The molecular weight excluding hydrogens is 422 g/mol. The van der Waals surface area contributed by atoms with E-state index in [0.717, 1.165) is 5.56 Å². The van der Waals surface area contributed by atoms with Crippen molar-refractivity contribution in [2.75, 3.05) is 19.0 Å². The number of nitrogens with zero attached hydrogens (tertiary/aromatic N) is 2. The number of benzene rings is 2. The van der Waals surface area contributed by atoms with Gasteiger partial charge < -0.3 is 19.5 Å². The standard InChI is InChI=1S/C25H25N3O5/c1-5-32-24(30)19-14-26-22(15-6-9-17(31-4)10-7-15)28-23(19)27-16-8-11-21-18(12-16)20(29)13-25(2,3)33-21/h6-12,14H,5,13H2,1-4H3,(H,26,27,28). The van der Waals surface area contributed by atoms with E-state index in [2.05, 4.69) is 15.3 Å². The predicted octanol–water partition coefficient (Wildman–Crippen LogP) is 4.82. The summed E-state index contributed by atoms with van der Waals surface area (Å²) in [6.45, 7) is 5.72. The summed E-state index contributed by atoms with van der Waals surface area (Å²) >= 11 is 0. The molecule has 1 aliphatic rings. The summed E-state index contributed by atoms with van der Waals surface area (Å²) in [4.78, 5) is 34.1. The summed E-state index contributed by atoms with van der Waals surface area (Å²) in [5.74, 6) is 1.40. The number of fused-ring (bicyclic) bond motifs is 1. The first-order chi connectivity index (χ1) is 15.8. The van der Waals surface area contributed by atoms with Crippen LogP contribution in [0.15, 0.2) is 48.7 Å². The number of rotatable bonds is 6. The maximum absolute atomic E-state index is 12.6. The van der Waals surface area contributed by atoms with Crippen molar-refractivity contribution in [3.05, 3.63) is 59.8 Å². The van der Waals surface area contributed by atoms with Gasteiger partial charge in [0.05, 0.1) is 25.7 Å². The molecule has 3 aromatic rings. The van der Waals surface area contributed by atoms with E-state index in [1.807, 2.05) is 38.1 Å². The zero-order valence-corrected chi connectivity index (χ0v) is 19.0. The van der Waals surface area contributed by atoms with E-state index < -0.39 is 11.6 Å². The van der Waals surface area contributed by atoms with Crippen molar-refractivity contribution in [3.63, 3.8) is 0 Å². The average Bonchev–Trinajstić information content (AvgIpc) is 2.79. The van der Waals surface area contributed by atoms with Gasteiger partial charge in [-0.3, -0.25) is 4.79 Å². The number of hydrogen-bond donors (Lipinski definition) is 1. The predicted molar refractivity (Wildman–Crippen MR) is 123 cm³/mol. The first kappa shape index (κ1) is 22.3. The Bertz CT molecular complexity index is 1210. The number of carbonyl (C=O) groups excluding carboxylic acids is 2. The zero-order chi connectivity index (χ0) is 23.6. The fraction of sp³-hybridized carbons (Fsp3) is 0.280. The molecule has 0 saturated carbocycles. The summed E-state index contributed by atoms with van der Waals surface area (Å²) in [6, 6.07) is 12.5. The van der Waals surface area contributed by atoms with Gasteiger partial charge in [-0.2, -0.15) is 0 Å². The van der Waals surface area contributed by atoms with Gasteiger partial charge in [0.1, 0.15) is 28.5 Å². The Labute approximate surface area is 191 Å². The normalized spacial score (nSPS) is 14.1. The molecule has 4 rings (SSSR count). The molecule has 8 nitrogen and oxygen atoms in total. The van der Waals surface area contributed by atoms with Crippen LogP contribution in [0.2, 0.25) is 0 Å². The van der Waals surface area contributed by atoms with Crippen LogP contribution in [0.3, 0.4) is 0 Å². The number of ketones is 1. The Balaban J connectivity index is 1.71. The summed E-state index contributed by atoms with van der Waals surface area (Å²) in [7, 11) is 1.59. The zero-order valence-electron chi connectivity index (χ0n) is 19.0. The molecule has 2 heterocycles. The largest absolute Gasteiger partial charge is 0.497 e. The molecule has 0 fully saturated rings. The lowest BCUT2D eigenvalue weighted by atomic mass is 9.93. The maximum Gasteiger partial charge on any atom is 0.343 e. The van der Waals surface area contributed by atoms with Crippen molar-refractivity contribution < 1.29 is 23.8 Å². The number of carbonyl (C=O) groups is 2. The molecule has 33 heavy (non-hydrogen) atoms. The molecule has 1 aliphatic heterocycles. The van der Waals surface area contributed by atoms with Crippen molar-refractivity contribution in [2.24, 2.45) is 0 Å². The highest BCUT2D eigenvalue weighted by atomic mass is 16.5. The van der Waals surface area contributed by atoms with Crippen molar-refractivity contribution in [2.45, 2.75) is 32.8 Å². The molecule has 0 aliphatic carbocycles. The van der Waals surface area contributed by atoms with Gasteiger partial charge in [0.2, 0.25) is 0 Å². The Hall–Kier alpha value is -3.94. The molecule has 0 radical (unpaired) electrons. The lowest BCUT2D eigenvalue weighted by molar-refractivity contribution is 0.0525. The molecule has 1 aromatic heterocycles. The summed E-state index contributed by atoms with van der Waals surface area (Å²) in [5, 5.41) is 3.15. The number of Topliss-reactive ketones (excluding diaryl/α,β-unsaturated/α-hetero) is 1. The molecule has 170 valence electrons. The molecule has 0 spiro atoms. The van der Waals surface area contributed by atoms with E-state index in [1.54, 1.807) is 32.2 Å². The monoisotopic (exact) mass is 447 g/mol. The number of methoxy groups -OCH3 is 1. The third-order valence-electron chi connectivity index (χ3n) is 5.15. The first-order valence-electron chi connectivity index (χ1n) is 10.6. The molecule has 0 atom stereocenters. The number of esters is 1. The van der Waals surface area contributed by atoms with Crippen LogP contribution in [0.5, 0.6) is 11.5 Å². The van der Waals surface area contributed by atoms with E-state index in [-0.39, 0.29) is 30.2 Å². The number of aromatic nitrogens is 2. The molecule has 0 bridgehead atoms. The second kappa shape index (κ2) is 8.90. The van der Waals surface area contributed by atoms with E-state index in [0.29, 0.717) is 28.6 Å². The molecular formula is C25H25N3O5. The minimum absolute atomic E-state index is 0.00266. The van der Waals surface area contributed by atoms with Gasteiger partial charge in [0.25, 0.3) is 0 Å². The van der Waals surface area contributed by atoms with Crippen molar-refractivity contribution in [3.8, 4) is 22.9 Å². The highest BCUT2D eigenvalue weighted by Gasteiger charge is 2.32. The fourth-order valence-corrected chi connectivity index (χ4v) is 3.58. The minimum atomic E-state index is -0.546. The molecule has 8 heteroatoms. The number of anilines is 2. The first-order valence-corrected chi connectivity index (χ1v) is 10.6. The van der Waals surface area contributed by atoms with Crippen LogP contribution in [0.1, 0.15) is 47.9 Å². The van der Waals surface area contributed by atoms with Gasteiger partial charge in [0.15, 0.2) is 11.6 Å². The highest BCUT2D eigenvalue weighted by Crippen LogP contribution is 2.35. The lowest BCUT2D eigenvalue weighted by Crippen LogP contribution is -2.35. The van der Waals surface area contributed by atoms with Crippen LogP contribution in [0.4, 0.5) is 11.5 Å². The summed E-state index contributed by atoms with van der Waals surface area (Å²) in [6.07, 6.45) is 1.72. The summed E-state index contributed by atoms with van der Waals surface area (Å²) < 4.78 is 16.3. The SMILES string of the molecule is CCOC(=O)c1cnc(-c2ccc(OC)cc2)nc1Nc1ccc2c(c1)C(=O)CC(C)(C)O2. The van der Waals surface area contributed by atoms with Crippen LogP contribution >= 0.6 is 0 Å². The Morgan fingerprint density at radius 2 is 1.94 bits per heavy atom. The van der Waals surface area contributed by atoms with Gasteiger partial charge >= 0.3 is 5.97 Å². The van der Waals surface area contributed by atoms with Crippen molar-refractivity contribution in [1.82, 2.24) is 9.97 Å². The molecule has 0 saturated heterocycles. The maximum atomic E-state index is 12.6. The molecule has 2 aromatic carbocycles. The highest BCUT2D eigenvalue weighted by molar-refractivity contribution is 6.01. The minimum Gasteiger partial charge on any atom is -0.497 e. The van der Waals surface area contributed by atoms with Crippen LogP contribution in [-0.4, -0.2) is 41.0 Å². The number of ether oxygens (including phenoxy) is 3. The summed E-state index contributed by atoms with van der Waals surface area (Å²) in [5.41, 5.74) is 1.48. The second-order valence-corrected chi connectivity index (χ2v) is 8.20. The molecule has 1 N–H and O–H groups in total. The van der Waals surface area contributed by atoms with E-state index >= 15 is 0 Å². The van der Waals surface area contributed by atoms with Gasteiger partial charge in [-0.15, -0.1) is 0 Å². The lowest BCUT2D eigenvalue weighted by Gasteiger charge is -2.31. The second-order valence-electron chi connectivity index (χ2n) is 8.20. The molecule has 0 amide bonds. The fourth-order valence-electron chi connectivity index (χ4n) is 3.58. The topological polar surface area (TPSA) is 99.6 Å². The van der Waals surface area contributed by atoms with E-state index in [1.165, 1.54) is 6.20 Å². The van der Waals surface area contributed by atoms with E-state index in [9.17, 15) is 9.59 Å². The average molecular weight is 447 g/mol. The molecule has 0 unspecified atom stereocenters. The van der Waals surface area contributed by atoms with Crippen LogP contribution < -0.4 is 14.8 Å². The van der Waals surface area contributed by atoms with Crippen LogP contribution in [0, 0.1) is 0 Å². The van der Waals surface area contributed by atoms with E-state index in [4.69, 9.17) is 14.2 Å². The van der Waals surface area contributed by atoms with Gasteiger partial charge in [-0.05, 0) is 63.2 Å². The van der Waals surface area contributed by atoms with Crippen molar-refractivity contribution in [1.29, 1.82) is 0 Å². The Morgan fingerprint density at radius 3 is 2.64 bits per heavy atom. The quantitative estimate of drug-likeness (QED) is 0.537. The van der Waals surface area contributed by atoms with Crippen LogP contribution in [-0.2, 0) is 4.74 Å². The van der Waals surface area contributed by atoms with Gasteiger partial charge in [-0.25, -0.2) is 14.8 Å². The number of hydrogen-bond acceptors (Lipinski definition) is 8. The Morgan fingerprint density at radius 1 is 1.18 bits per heavy atom. The third-order valence-corrected chi connectivity index (χ3v) is 5.15. The van der Waals surface area contributed by atoms with Gasteiger partial charge in [-0.1, -0.05) is 0 Å². The van der Waals surface area contributed by atoms with Crippen molar-refractivity contribution >= 4 is 23.3 Å². The number of nitrogens with one attached hydrogen (secondary N) is 1. The van der Waals surface area contributed by atoms with Crippen LogP contribution in [0.25, 0.3) is 11.4 Å². The third kappa shape index (κ3) is 4.79. The van der Waals surface area contributed by atoms with Gasteiger partial charge in [0, 0.05) is 17.4 Å².